The molecule has 31 heavy (non-hydrogen) atoms. The highest BCUT2D eigenvalue weighted by molar-refractivity contribution is 8.00. The summed E-state index contributed by atoms with van der Waals surface area (Å²) in [6.07, 6.45) is 1.58. The highest BCUT2D eigenvalue weighted by Gasteiger charge is 2.17. The number of carbonyl (C=O) groups is 2. The van der Waals surface area contributed by atoms with E-state index >= 15 is 0 Å². The largest absolute Gasteiger partial charge is 0.454 e. The van der Waals surface area contributed by atoms with Crippen LogP contribution >= 0.6 is 23.4 Å². The number of halogens is 1. The number of nitrogens with zero attached hydrogens (tertiary/aromatic N) is 1. The monoisotopic (exact) mass is 455 g/mol. The van der Waals surface area contributed by atoms with Gasteiger partial charge in [-0.1, -0.05) is 29.4 Å². The fraction of sp³-hybridized carbons (Fsp3) is 0.136. The molecule has 2 heterocycles. The number of hydrogen-bond acceptors (Lipinski definition) is 6. The lowest BCUT2D eigenvalue weighted by molar-refractivity contribution is -0.113. The molecule has 0 aliphatic carbocycles. The van der Waals surface area contributed by atoms with Crippen LogP contribution in [0.3, 0.4) is 0 Å². The summed E-state index contributed by atoms with van der Waals surface area (Å²) in [6, 6.07) is 13.8. The zero-order valence-corrected chi connectivity index (χ0v) is 18.0. The summed E-state index contributed by atoms with van der Waals surface area (Å²) in [5, 5.41) is 6.69. The number of pyridine rings is 1. The van der Waals surface area contributed by atoms with Crippen LogP contribution in [0.2, 0.25) is 5.02 Å². The maximum atomic E-state index is 12.8. The number of aromatic nitrogens is 1. The predicted molar refractivity (Wildman–Crippen MR) is 120 cm³/mol. The van der Waals surface area contributed by atoms with Crippen LogP contribution in [0.4, 0.5) is 11.4 Å². The average Bonchev–Trinajstić information content (AvgIpc) is 3.23. The van der Waals surface area contributed by atoms with Gasteiger partial charge in [-0.3, -0.25) is 9.59 Å². The Morgan fingerprint density at radius 2 is 1.94 bits per heavy atom. The predicted octanol–water partition coefficient (Wildman–Crippen LogP) is 4.76. The summed E-state index contributed by atoms with van der Waals surface area (Å²) in [5.41, 5.74) is 2.38. The molecule has 158 valence electrons. The Morgan fingerprint density at radius 3 is 2.81 bits per heavy atom. The normalized spacial score (nSPS) is 11.8. The third-order valence-corrected chi connectivity index (χ3v) is 5.94. The van der Waals surface area contributed by atoms with Crippen molar-refractivity contribution in [3.05, 3.63) is 70.9 Å². The molecule has 0 saturated carbocycles. The minimum absolute atomic E-state index is 0.0852. The topological polar surface area (TPSA) is 89.6 Å². The Bertz CT molecular complexity index is 1160. The van der Waals surface area contributed by atoms with Crippen molar-refractivity contribution in [3.63, 3.8) is 0 Å². The van der Waals surface area contributed by atoms with Gasteiger partial charge in [0.25, 0.3) is 5.91 Å². The molecule has 2 N–H and O–H groups in total. The zero-order valence-electron chi connectivity index (χ0n) is 16.5. The summed E-state index contributed by atoms with van der Waals surface area (Å²) >= 11 is 7.31. The minimum atomic E-state index is -0.322. The molecule has 0 fully saturated rings. The maximum absolute atomic E-state index is 12.8. The lowest BCUT2D eigenvalue weighted by Crippen LogP contribution is -2.16. The third-order valence-electron chi connectivity index (χ3n) is 4.53. The molecule has 1 aromatic heterocycles. The molecule has 1 aliphatic rings. The van der Waals surface area contributed by atoms with Gasteiger partial charge in [0.1, 0.15) is 5.03 Å². The second-order valence-corrected chi connectivity index (χ2v) is 8.00. The van der Waals surface area contributed by atoms with Gasteiger partial charge < -0.3 is 20.1 Å². The van der Waals surface area contributed by atoms with E-state index in [1.807, 2.05) is 6.92 Å². The second kappa shape index (κ2) is 9.28. The van der Waals surface area contributed by atoms with Crippen LogP contribution in [0, 0.1) is 6.92 Å². The Morgan fingerprint density at radius 1 is 1.10 bits per heavy atom. The molecule has 3 aromatic rings. The molecule has 0 unspecified atom stereocenters. The number of hydrogen-bond donors (Lipinski definition) is 2. The van der Waals surface area contributed by atoms with Crippen molar-refractivity contribution in [3.8, 4) is 11.5 Å². The van der Waals surface area contributed by atoms with Crippen molar-refractivity contribution in [2.45, 2.75) is 11.9 Å². The number of benzene rings is 2. The number of anilines is 2. The van der Waals surface area contributed by atoms with Crippen LogP contribution in [0.1, 0.15) is 15.9 Å². The van der Waals surface area contributed by atoms with Gasteiger partial charge >= 0.3 is 0 Å². The Labute approximate surface area is 188 Å². The van der Waals surface area contributed by atoms with E-state index in [1.54, 1.807) is 54.7 Å². The van der Waals surface area contributed by atoms with Gasteiger partial charge in [0.2, 0.25) is 12.7 Å². The maximum Gasteiger partial charge on any atom is 0.258 e. The molecule has 0 radical (unpaired) electrons. The number of nitrogens with one attached hydrogen (secondary N) is 2. The number of amides is 2. The smallest absolute Gasteiger partial charge is 0.258 e. The number of ether oxygens (including phenoxy) is 2. The van der Waals surface area contributed by atoms with E-state index in [2.05, 4.69) is 15.6 Å². The lowest BCUT2D eigenvalue weighted by atomic mass is 10.2. The van der Waals surface area contributed by atoms with Gasteiger partial charge in [0.05, 0.1) is 11.3 Å². The first kappa shape index (κ1) is 21.0. The molecule has 9 heteroatoms. The first-order chi connectivity index (χ1) is 15.0. The quantitative estimate of drug-likeness (QED) is 0.521. The van der Waals surface area contributed by atoms with Crippen molar-refractivity contribution in [2.24, 2.45) is 0 Å². The van der Waals surface area contributed by atoms with E-state index in [4.69, 9.17) is 21.1 Å². The zero-order chi connectivity index (χ0) is 21.8. The molecule has 7 nitrogen and oxygen atoms in total. The van der Waals surface area contributed by atoms with Gasteiger partial charge in [-0.2, -0.15) is 0 Å². The lowest BCUT2D eigenvalue weighted by Gasteiger charge is -2.12. The molecule has 2 aromatic carbocycles. The van der Waals surface area contributed by atoms with Crippen LogP contribution < -0.4 is 20.1 Å². The number of rotatable bonds is 6. The van der Waals surface area contributed by atoms with E-state index in [0.29, 0.717) is 38.5 Å². The van der Waals surface area contributed by atoms with E-state index in [-0.39, 0.29) is 24.4 Å². The summed E-state index contributed by atoms with van der Waals surface area (Å²) in [4.78, 5) is 29.5. The third kappa shape index (κ3) is 4.92. The minimum Gasteiger partial charge on any atom is -0.454 e. The van der Waals surface area contributed by atoms with E-state index in [1.165, 1.54) is 11.8 Å². The second-order valence-electron chi connectivity index (χ2n) is 6.63. The van der Waals surface area contributed by atoms with Gasteiger partial charge in [0, 0.05) is 28.7 Å². The first-order valence-electron chi connectivity index (χ1n) is 9.35. The van der Waals surface area contributed by atoms with Gasteiger partial charge in [-0.05, 0) is 48.9 Å². The van der Waals surface area contributed by atoms with Crippen LogP contribution in [0.25, 0.3) is 0 Å². The number of carbonyl (C=O) groups excluding carboxylic acids is 2. The molecule has 1 aliphatic heterocycles. The molecule has 2 amide bonds. The Hall–Kier alpha value is -3.23. The van der Waals surface area contributed by atoms with Crippen LogP contribution in [-0.4, -0.2) is 29.3 Å². The SMILES string of the molecule is Cc1c(Cl)cccc1NC(=O)c1cccnc1SCC(=O)Nc1ccc2c(c1)OCO2. The molecule has 0 atom stereocenters. The average molecular weight is 456 g/mol. The van der Waals surface area contributed by atoms with Crippen molar-refractivity contribution in [2.75, 3.05) is 23.2 Å². The van der Waals surface area contributed by atoms with Gasteiger partial charge in [-0.15, -0.1) is 0 Å². The molecule has 0 saturated heterocycles. The van der Waals surface area contributed by atoms with Gasteiger partial charge in [-0.25, -0.2) is 4.98 Å². The highest BCUT2D eigenvalue weighted by Crippen LogP contribution is 2.34. The van der Waals surface area contributed by atoms with Crippen LogP contribution in [0.5, 0.6) is 11.5 Å². The summed E-state index contributed by atoms with van der Waals surface area (Å²) in [5.74, 6) is 0.766. The fourth-order valence-corrected chi connectivity index (χ4v) is 3.88. The van der Waals surface area contributed by atoms with Gasteiger partial charge in [0.15, 0.2) is 11.5 Å². The Balaban J connectivity index is 1.40. The van der Waals surface area contributed by atoms with Crippen molar-refractivity contribution >= 4 is 46.6 Å². The molecule has 0 spiro atoms. The first-order valence-corrected chi connectivity index (χ1v) is 10.7. The molecular weight excluding hydrogens is 438 g/mol. The summed E-state index contributed by atoms with van der Waals surface area (Å²) in [7, 11) is 0. The highest BCUT2D eigenvalue weighted by atomic mass is 35.5. The standard InChI is InChI=1S/C22H18ClN3O4S/c1-13-16(23)5-2-6-17(13)26-21(28)15-4-3-9-24-22(15)31-11-20(27)25-14-7-8-18-19(10-14)30-12-29-18/h2-10H,11-12H2,1H3,(H,25,27)(H,26,28). The summed E-state index contributed by atoms with van der Waals surface area (Å²) < 4.78 is 10.6. The molecule has 4 rings (SSSR count). The van der Waals surface area contributed by atoms with Crippen molar-refractivity contribution in [1.82, 2.24) is 4.98 Å². The number of thioether (sulfide) groups is 1. The molecule has 0 bridgehead atoms. The van der Waals surface area contributed by atoms with Crippen molar-refractivity contribution in [1.29, 1.82) is 0 Å². The summed E-state index contributed by atoms with van der Waals surface area (Å²) in [6.45, 7) is 2.00. The fourth-order valence-electron chi connectivity index (χ4n) is 2.92. The Kier molecular flexibility index (Phi) is 6.29. The van der Waals surface area contributed by atoms with Crippen molar-refractivity contribution < 1.29 is 19.1 Å². The molecular formula is C22H18ClN3O4S. The number of fused-ring (bicyclic) bond motifs is 1. The van der Waals surface area contributed by atoms with E-state index < -0.39 is 0 Å². The van der Waals surface area contributed by atoms with Crippen LogP contribution in [-0.2, 0) is 4.79 Å². The van der Waals surface area contributed by atoms with Crippen LogP contribution in [0.15, 0.2) is 59.8 Å². The van der Waals surface area contributed by atoms with E-state index in [9.17, 15) is 9.59 Å². The van der Waals surface area contributed by atoms with E-state index in [0.717, 1.165) is 5.56 Å².